The van der Waals surface area contributed by atoms with Crippen LogP contribution < -0.4 is 5.73 Å². The normalized spacial score (nSPS) is 12.6. The van der Waals surface area contributed by atoms with Crippen LogP contribution in [0.1, 0.15) is 23.4 Å². The molecule has 0 radical (unpaired) electrons. The van der Waals surface area contributed by atoms with Crippen molar-refractivity contribution in [3.63, 3.8) is 0 Å². The summed E-state index contributed by atoms with van der Waals surface area (Å²) in [6.07, 6.45) is -0.334. The first-order valence-electron chi connectivity index (χ1n) is 5.14. The molecule has 0 bridgehead atoms. The van der Waals surface area contributed by atoms with Gasteiger partial charge in [0, 0.05) is 17.4 Å². The Labute approximate surface area is 107 Å². The van der Waals surface area contributed by atoms with Gasteiger partial charge in [-0.3, -0.25) is 0 Å². The molecule has 0 aliphatic rings. The highest BCUT2D eigenvalue weighted by atomic mass is 79.9. The SMILES string of the molecule is NCC(O)c1nc(Cc2cccc(Br)c2)no1. The topological polar surface area (TPSA) is 85.2 Å². The highest BCUT2D eigenvalue weighted by Crippen LogP contribution is 2.15. The summed E-state index contributed by atoms with van der Waals surface area (Å²) in [5.74, 6) is 0.697. The lowest BCUT2D eigenvalue weighted by molar-refractivity contribution is 0.141. The molecule has 1 heterocycles. The molecule has 0 aliphatic heterocycles. The Morgan fingerprint density at radius 1 is 1.47 bits per heavy atom. The van der Waals surface area contributed by atoms with E-state index in [1.54, 1.807) is 0 Å². The maximum atomic E-state index is 9.42. The number of halogens is 1. The molecular weight excluding hydrogens is 286 g/mol. The Bertz CT molecular complexity index is 501. The predicted octanol–water partition coefficient (Wildman–Crippen LogP) is 1.42. The number of aliphatic hydroxyl groups is 1. The second kappa shape index (κ2) is 5.39. The average molecular weight is 298 g/mol. The molecule has 1 aromatic heterocycles. The summed E-state index contributed by atoms with van der Waals surface area (Å²) in [5, 5.41) is 13.2. The van der Waals surface area contributed by atoms with Crippen molar-refractivity contribution in [2.45, 2.75) is 12.5 Å². The summed E-state index contributed by atoms with van der Waals surface area (Å²) < 4.78 is 5.92. The maximum Gasteiger partial charge on any atom is 0.256 e. The van der Waals surface area contributed by atoms with E-state index in [1.807, 2.05) is 24.3 Å². The summed E-state index contributed by atoms with van der Waals surface area (Å²) in [7, 11) is 0. The van der Waals surface area contributed by atoms with Crippen LogP contribution in [0.5, 0.6) is 0 Å². The van der Waals surface area contributed by atoms with Gasteiger partial charge in [0.25, 0.3) is 5.89 Å². The lowest BCUT2D eigenvalue weighted by Gasteiger charge is -1.98. The minimum Gasteiger partial charge on any atom is -0.382 e. The van der Waals surface area contributed by atoms with E-state index in [1.165, 1.54) is 0 Å². The molecule has 6 heteroatoms. The van der Waals surface area contributed by atoms with Gasteiger partial charge in [-0.2, -0.15) is 4.98 Å². The van der Waals surface area contributed by atoms with E-state index in [2.05, 4.69) is 26.1 Å². The molecule has 2 aromatic rings. The van der Waals surface area contributed by atoms with E-state index in [-0.39, 0.29) is 12.4 Å². The highest BCUT2D eigenvalue weighted by Gasteiger charge is 2.14. The molecule has 2 rings (SSSR count). The van der Waals surface area contributed by atoms with E-state index in [9.17, 15) is 5.11 Å². The summed E-state index contributed by atoms with van der Waals surface area (Å²) in [5.41, 5.74) is 6.37. The summed E-state index contributed by atoms with van der Waals surface area (Å²) in [6, 6.07) is 7.84. The van der Waals surface area contributed by atoms with Crippen LogP contribution in [-0.4, -0.2) is 21.8 Å². The Hall–Kier alpha value is -1.24. The first kappa shape index (κ1) is 12.2. The molecule has 0 aliphatic carbocycles. The number of hydrogen-bond acceptors (Lipinski definition) is 5. The van der Waals surface area contributed by atoms with Gasteiger partial charge >= 0.3 is 0 Å². The van der Waals surface area contributed by atoms with Gasteiger partial charge in [0.15, 0.2) is 5.82 Å². The molecule has 3 N–H and O–H groups in total. The molecule has 0 fully saturated rings. The Morgan fingerprint density at radius 2 is 2.29 bits per heavy atom. The molecule has 90 valence electrons. The smallest absolute Gasteiger partial charge is 0.256 e. The lowest BCUT2D eigenvalue weighted by Crippen LogP contribution is -2.11. The third-order valence-electron chi connectivity index (χ3n) is 2.24. The van der Waals surface area contributed by atoms with Crippen molar-refractivity contribution in [2.24, 2.45) is 5.73 Å². The van der Waals surface area contributed by atoms with Crippen LogP contribution in [0.4, 0.5) is 0 Å². The van der Waals surface area contributed by atoms with Crippen molar-refractivity contribution < 1.29 is 9.63 Å². The van der Waals surface area contributed by atoms with Gasteiger partial charge in [-0.25, -0.2) is 0 Å². The molecule has 17 heavy (non-hydrogen) atoms. The summed E-state index contributed by atoms with van der Waals surface area (Å²) >= 11 is 3.39. The van der Waals surface area contributed by atoms with Crippen molar-refractivity contribution in [3.05, 3.63) is 46.0 Å². The van der Waals surface area contributed by atoms with Gasteiger partial charge < -0.3 is 15.4 Å². The summed E-state index contributed by atoms with van der Waals surface area (Å²) in [6.45, 7) is 0.0680. The minimum atomic E-state index is -0.890. The van der Waals surface area contributed by atoms with Crippen LogP contribution in [0, 0.1) is 0 Å². The maximum absolute atomic E-state index is 9.42. The van der Waals surface area contributed by atoms with Crippen molar-refractivity contribution in [1.29, 1.82) is 0 Å². The number of aromatic nitrogens is 2. The van der Waals surface area contributed by atoms with Crippen molar-refractivity contribution in [2.75, 3.05) is 6.54 Å². The van der Waals surface area contributed by atoms with Crippen LogP contribution in [-0.2, 0) is 6.42 Å². The zero-order valence-corrected chi connectivity index (χ0v) is 10.6. The average Bonchev–Trinajstić information content (AvgIpc) is 2.76. The van der Waals surface area contributed by atoms with Crippen LogP contribution in [0.3, 0.4) is 0 Å². The Kier molecular flexibility index (Phi) is 3.88. The third-order valence-corrected chi connectivity index (χ3v) is 2.74. The van der Waals surface area contributed by atoms with Crippen LogP contribution in [0.25, 0.3) is 0 Å². The standard InChI is InChI=1S/C11H12BrN3O2/c12-8-3-1-2-7(4-8)5-10-14-11(17-15-10)9(16)6-13/h1-4,9,16H,5-6,13H2. The lowest BCUT2D eigenvalue weighted by atomic mass is 10.1. The fourth-order valence-electron chi connectivity index (χ4n) is 1.40. The van der Waals surface area contributed by atoms with Gasteiger partial charge in [0.1, 0.15) is 6.10 Å². The van der Waals surface area contributed by atoms with E-state index >= 15 is 0 Å². The number of aliphatic hydroxyl groups excluding tert-OH is 1. The third kappa shape index (κ3) is 3.12. The fourth-order valence-corrected chi connectivity index (χ4v) is 1.85. The molecule has 0 saturated carbocycles. The largest absolute Gasteiger partial charge is 0.382 e. The van der Waals surface area contributed by atoms with E-state index in [0.29, 0.717) is 12.2 Å². The number of rotatable bonds is 4. The van der Waals surface area contributed by atoms with Gasteiger partial charge in [-0.05, 0) is 17.7 Å². The van der Waals surface area contributed by atoms with Gasteiger partial charge in [0.2, 0.25) is 0 Å². The first-order valence-corrected chi connectivity index (χ1v) is 5.93. The number of nitrogens with zero attached hydrogens (tertiary/aromatic N) is 2. The number of nitrogens with two attached hydrogens (primary N) is 1. The number of hydrogen-bond donors (Lipinski definition) is 2. The van der Waals surface area contributed by atoms with Crippen molar-refractivity contribution >= 4 is 15.9 Å². The quantitative estimate of drug-likeness (QED) is 0.891. The Balaban J connectivity index is 2.11. The molecule has 0 spiro atoms. The molecule has 1 atom stereocenters. The second-order valence-electron chi connectivity index (χ2n) is 3.61. The van der Waals surface area contributed by atoms with Gasteiger partial charge in [0.05, 0.1) is 0 Å². The molecule has 1 unspecified atom stereocenters. The van der Waals surface area contributed by atoms with E-state index < -0.39 is 6.10 Å². The fraction of sp³-hybridized carbons (Fsp3) is 0.273. The van der Waals surface area contributed by atoms with Gasteiger partial charge in [-0.1, -0.05) is 33.2 Å². The van der Waals surface area contributed by atoms with Gasteiger partial charge in [-0.15, -0.1) is 0 Å². The van der Waals surface area contributed by atoms with Crippen LogP contribution >= 0.6 is 15.9 Å². The molecular formula is C11H12BrN3O2. The molecule has 0 amide bonds. The molecule has 1 aromatic carbocycles. The number of benzene rings is 1. The Morgan fingerprint density at radius 3 is 3.00 bits per heavy atom. The first-order chi connectivity index (χ1) is 8.19. The molecule has 5 nitrogen and oxygen atoms in total. The highest BCUT2D eigenvalue weighted by molar-refractivity contribution is 9.10. The van der Waals surface area contributed by atoms with Crippen molar-refractivity contribution in [1.82, 2.24) is 10.1 Å². The minimum absolute atomic E-state index is 0.0680. The zero-order valence-electron chi connectivity index (χ0n) is 9.01. The predicted molar refractivity (Wildman–Crippen MR) is 65.3 cm³/mol. The molecule has 0 saturated heterocycles. The monoisotopic (exact) mass is 297 g/mol. The van der Waals surface area contributed by atoms with Crippen LogP contribution in [0.2, 0.25) is 0 Å². The zero-order chi connectivity index (χ0) is 12.3. The second-order valence-corrected chi connectivity index (χ2v) is 4.52. The van der Waals surface area contributed by atoms with Crippen LogP contribution in [0.15, 0.2) is 33.3 Å². The van der Waals surface area contributed by atoms with E-state index in [0.717, 1.165) is 10.0 Å². The summed E-state index contributed by atoms with van der Waals surface area (Å²) in [4.78, 5) is 4.08. The van der Waals surface area contributed by atoms with Crippen molar-refractivity contribution in [3.8, 4) is 0 Å². The van der Waals surface area contributed by atoms with E-state index in [4.69, 9.17) is 10.3 Å².